The molecule has 0 amide bonds. The van der Waals surface area contributed by atoms with E-state index in [0.717, 1.165) is 21.5 Å². The summed E-state index contributed by atoms with van der Waals surface area (Å²) in [5.41, 5.74) is 0.993. The summed E-state index contributed by atoms with van der Waals surface area (Å²) < 4.78 is 7.11. The van der Waals surface area contributed by atoms with E-state index in [1.165, 1.54) is 0 Å². The number of hydrogen-bond donors (Lipinski definition) is 0. The molecule has 0 N–H and O–H groups in total. The van der Waals surface area contributed by atoms with Crippen molar-refractivity contribution in [2.45, 2.75) is 11.2 Å². The standard InChI is InChI=1S/C11H12INOSe/c1-11(7-12)8-14-10(15-11)13-9-5-3-2-4-6-9/h2-6H,7-8H2,1H3. The van der Waals surface area contributed by atoms with Gasteiger partial charge in [0.15, 0.2) is 0 Å². The molecule has 1 heterocycles. The second-order valence-electron chi connectivity index (χ2n) is 3.69. The SMILES string of the molecule is CC1(CI)COC(=Nc2ccccc2)[Se]1. The third-order valence-electron chi connectivity index (χ3n) is 2.09. The first-order valence-corrected chi connectivity index (χ1v) is 7.97. The van der Waals surface area contributed by atoms with Gasteiger partial charge in [-0.3, -0.25) is 0 Å². The number of benzene rings is 1. The minimum atomic E-state index is 0.334. The van der Waals surface area contributed by atoms with Crippen molar-refractivity contribution in [2.75, 3.05) is 11.0 Å². The van der Waals surface area contributed by atoms with Gasteiger partial charge in [0, 0.05) is 0 Å². The topological polar surface area (TPSA) is 21.6 Å². The number of hydrogen-bond acceptors (Lipinski definition) is 2. The number of halogens is 1. The van der Waals surface area contributed by atoms with E-state index < -0.39 is 0 Å². The number of aliphatic imine (C=N–C) groups is 1. The first kappa shape index (κ1) is 11.4. The molecule has 0 spiro atoms. The van der Waals surface area contributed by atoms with E-state index in [4.69, 9.17) is 4.74 Å². The van der Waals surface area contributed by atoms with E-state index in [1.807, 2.05) is 30.3 Å². The molecule has 1 saturated heterocycles. The molecule has 1 atom stereocenters. The van der Waals surface area contributed by atoms with Crippen LogP contribution in [-0.2, 0) is 4.74 Å². The van der Waals surface area contributed by atoms with Gasteiger partial charge in [-0.15, -0.1) is 0 Å². The Morgan fingerprint density at radius 2 is 2.20 bits per heavy atom. The Balaban J connectivity index is 2.11. The van der Waals surface area contributed by atoms with E-state index in [1.54, 1.807) is 0 Å². The Hall–Kier alpha value is -0.0605. The van der Waals surface area contributed by atoms with Crippen molar-refractivity contribution < 1.29 is 4.74 Å². The second kappa shape index (κ2) is 4.85. The molecule has 1 aromatic carbocycles. The molecule has 1 unspecified atom stereocenters. The van der Waals surface area contributed by atoms with Gasteiger partial charge in [0.25, 0.3) is 0 Å². The van der Waals surface area contributed by atoms with Gasteiger partial charge in [0.2, 0.25) is 0 Å². The average molecular weight is 380 g/mol. The summed E-state index contributed by atoms with van der Waals surface area (Å²) in [6.07, 6.45) is 0. The van der Waals surface area contributed by atoms with Crippen LogP contribution >= 0.6 is 22.6 Å². The predicted molar refractivity (Wildman–Crippen MR) is 72.5 cm³/mol. The molecule has 2 nitrogen and oxygen atoms in total. The molecule has 4 heteroatoms. The van der Waals surface area contributed by atoms with E-state index in [9.17, 15) is 0 Å². The molecule has 0 aliphatic carbocycles. The van der Waals surface area contributed by atoms with E-state index in [-0.39, 0.29) is 0 Å². The van der Waals surface area contributed by atoms with Crippen LogP contribution < -0.4 is 0 Å². The first-order valence-electron chi connectivity index (χ1n) is 4.73. The van der Waals surface area contributed by atoms with Crippen LogP contribution in [0.1, 0.15) is 6.92 Å². The zero-order chi connectivity index (χ0) is 10.7. The molecule has 2 rings (SSSR count). The predicted octanol–water partition coefficient (Wildman–Crippen LogP) is 3.02. The Bertz CT molecular complexity index is 368. The van der Waals surface area contributed by atoms with Crippen LogP contribution in [0.3, 0.4) is 0 Å². The summed E-state index contributed by atoms with van der Waals surface area (Å²) in [6.45, 7) is 3.09. The van der Waals surface area contributed by atoms with E-state index >= 15 is 0 Å². The fourth-order valence-corrected chi connectivity index (χ4v) is 4.05. The quantitative estimate of drug-likeness (QED) is 0.439. The summed E-state index contributed by atoms with van der Waals surface area (Å²) in [7, 11) is 0. The molecule has 0 bridgehead atoms. The fourth-order valence-electron chi connectivity index (χ4n) is 1.21. The molecule has 1 aliphatic rings. The van der Waals surface area contributed by atoms with Gasteiger partial charge in [-0.05, 0) is 0 Å². The molecule has 1 aliphatic heterocycles. The Morgan fingerprint density at radius 1 is 1.47 bits per heavy atom. The van der Waals surface area contributed by atoms with Crippen LogP contribution in [-0.4, -0.2) is 30.8 Å². The van der Waals surface area contributed by atoms with Crippen molar-refractivity contribution >= 4 is 48.0 Å². The zero-order valence-electron chi connectivity index (χ0n) is 8.44. The van der Waals surface area contributed by atoms with Crippen molar-refractivity contribution in [1.82, 2.24) is 0 Å². The zero-order valence-corrected chi connectivity index (χ0v) is 12.3. The Kier molecular flexibility index (Phi) is 3.69. The number of ether oxygens (including phenoxy) is 1. The first-order chi connectivity index (χ1) is 7.22. The van der Waals surface area contributed by atoms with Crippen molar-refractivity contribution in [1.29, 1.82) is 0 Å². The monoisotopic (exact) mass is 381 g/mol. The maximum atomic E-state index is 5.64. The van der Waals surface area contributed by atoms with Crippen LogP contribution in [0.4, 0.5) is 5.69 Å². The van der Waals surface area contributed by atoms with Gasteiger partial charge >= 0.3 is 110 Å². The van der Waals surface area contributed by atoms with E-state index in [2.05, 4.69) is 34.5 Å². The van der Waals surface area contributed by atoms with Crippen LogP contribution in [0.5, 0.6) is 0 Å². The molecule has 0 radical (unpaired) electrons. The molecular weight excluding hydrogens is 368 g/mol. The van der Waals surface area contributed by atoms with Crippen LogP contribution in [0.15, 0.2) is 35.3 Å². The fraction of sp³-hybridized carbons (Fsp3) is 0.364. The second-order valence-corrected chi connectivity index (χ2v) is 7.68. The number of rotatable bonds is 2. The number of nitrogens with zero attached hydrogens (tertiary/aromatic N) is 1. The third kappa shape index (κ3) is 2.95. The summed E-state index contributed by atoms with van der Waals surface area (Å²) in [4.78, 5) is 5.46. The summed E-state index contributed by atoms with van der Waals surface area (Å²) in [6, 6.07) is 10.0. The van der Waals surface area contributed by atoms with Crippen molar-refractivity contribution in [3.63, 3.8) is 0 Å². The molecule has 1 aromatic rings. The van der Waals surface area contributed by atoms with Crippen LogP contribution in [0, 0.1) is 0 Å². The maximum absolute atomic E-state index is 5.64. The molecule has 0 aromatic heterocycles. The number of alkyl halides is 1. The summed E-state index contributed by atoms with van der Waals surface area (Å²) in [5.74, 6) is 0. The van der Waals surface area contributed by atoms with Crippen molar-refractivity contribution in [2.24, 2.45) is 4.99 Å². The van der Waals surface area contributed by atoms with Crippen molar-refractivity contribution in [3.8, 4) is 0 Å². The van der Waals surface area contributed by atoms with Crippen LogP contribution in [0.2, 0.25) is 4.31 Å². The minimum absolute atomic E-state index is 0.334. The van der Waals surface area contributed by atoms with Gasteiger partial charge in [0.1, 0.15) is 0 Å². The molecule has 0 saturated carbocycles. The molecule has 80 valence electrons. The van der Waals surface area contributed by atoms with Gasteiger partial charge in [0.05, 0.1) is 0 Å². The summed E-state index contributed by atoms with van der Waals surface area (Å²) >= 11 is 2.79. The Labute approximate surface area is 110 Å². The third-order valence-corrected chi connectivity index (χ3v) is 7.33. The number of para-hydroxylation sites is 1. The summed E-state index contributed by atoms with van der Waals surface area (Å²) in [5, 5.41) is 0. The average Bonchev–Trinajstić information content (AvgIpc) is 2.63. The Morgan fingerprint density at radius 3 is 2.80 bits per heavy atom. The molecule has 15 heavy (non-hydrogen) atoms. The normalized spacial score (nSPS) is 28.0. The molecule has 1 fully saturated rings. The van der Waals surface area contributed by atoms with Gasteiger partial charge in [-0.1, -0.05) is 0 Å². The van der Waals surface area contributed by atoms with Crippen molar-refractivity contribution in [3.05, 3.63) is 30.3 Å². The van der Waals surface area contributed by atoms with E-state index in [0.29, 0.717) is 19.3 Å². The van der Waals surface area contributed by atoms with Gasteiger partial charge in [-0.2, -0.15) is 0 Å². The molecular formula is C11H12INOSe. The van der Waals surface area contributed by atoms with Gasteiger partial charge < -0.3 is 0 Å². The van der Waals surface area contributed by atoms with Crippen LogP contribution in [0.25, 0.3) is 0 Å². The van der Waals surface area contributed by atoms with Gasteiger partial charge in [-0.25, -0.2) is 0 Å².